The van der Waals surface area contributed by atoms with Gasteiger partial charge in [-0.3, -0.25) is 19.2 Å². The Hall–Kier alpha value is -5.22. The topological polar surface area (TPSA) is 159 Å². The van der Waals surface area contributed by atoms with Gasteiger partial charge in [0.1, 0.15) is 11.5 Å². The third kappa shape index (κ3) is 19.1. The Morgan fingerprint density at radius 2 is 0.855 bits per heavy atom. The van der Waals surface area contributed by atoms with Crippen LogP contribution in [0.25, 0.3) is 0 Å². The van der Waals surface area contributed by atoms with Gasteiger partial charge in [0.15, 0.2) is 0 Å². The quantitative estimate of drug-likeness (QED) is 0.0588. The van der Waals surface area contributed by atoms with E-state index in [2.05, 4.69) is 47.3 Å². The van der Waals surface area contributed by atoms with Crippen molar-refractivity contribution in [3.8, 4) is 11.5 Å². The molecule has 4 amide bonds. The van der Waals surface area contributed by atoms with Crippen molar-refractivity contribution in [3.05, 3.63) is 47.5 Å². The fourth-order valence-electron chi connectivity index (χ4n) is 11.3. The lowest BCUT2D eigenvalue weighted by Gasteiger charge is -2.31. The molecule has 4 aliphatic rings. The molecule has 2 fully saturated rings. The molecule has 16 heteroatoms. The van der Waals surface area contributed by atoms with Crippen LogP contribution in [-0.2, 0) is 51.3 Å². The molecular weight excluding hydrogens is 965 g/mol. The van der Waals surface area contributed by atoms with Crippen LogP contribution >= 0.6 is 0 Å². The first kappa shape index (κ1) is 60.0. The summed E-state index contributed by atoms with van der Waals surface area (Å²) in [6.07, 6.45) is 22.2. The standard InChI is InChI=1S/C60H92N6O10/c1-5-61(6-2)37-39-63(45-47-23-15-11-9-12-16-24-47)55(67)27-19-21-41-73-51-31-33-53-49(43-51)29-35-57(69)65(53)75-59(71)60(72)76-66-54-34-32-52(44-50(54)30-36-58(66)70)74-42-22-20-28-56(68)64(40-38-62(7-3)8-4)46-48-25-17-13-10-14-18-26-48/h31-34,43-44,47-48H,5-30,35-42,45-46H2,1-4H3. The second-order valence-corrected chi connectivity index (χ2v) is 21.5. The van der Waals surface area contributed by atoms with Crippen LogP contribution in [0, 0.1) is 11.8 Å². The molecule has 0 saturated heterocycles. The van der Waals surface area contributed by atoms with E-state index >= 15 is 0 Å². The van der Waals surface area contributed by atoms with Gasteiger partial charge in [0.25, 0.3) is 11.8 Å². The van der Waals surface area contributed by atoms with Gasteiger partial charge in [-0.05, 0) is 150 Å². The second-order valence-electron chi connectivity index (χ2n) is 21.5. The van der Waals surface area contributed by atoms with E-state index in [1.165, 1.54) is 89.9 Å². The Morgan fingerprint density at radius 1 is 0.487 bits per heavy atom. The molecule has 2 aliphatic carbocycles. The fraction of sp³-hybridized carbons (Fsp3) is 0.700. The Balaban J connectivity index is 0.943. The van der Waals surface area contributed by atoms with Crippen molar-refractivity contribution < 1.29 is 47.9 Å². The number of anilines is 2. The van der Waals surface area contributed by atoms with E-state index in [4.69, 9.17) is 19.1 Å². The van der Waals surface area contributed by atoms with Crippen LogP contribution in [0.2, 0.25) is 0 Å². The van der Waals surface area contributed by atoms with Gasteiger partial charge in [-0.15, -0.1) is 10.1 Å². The predicted octanol–water partition coefficient (Wildman–Crippen LogP) is 10.0. The highest BCUT2D eigenvalue weighted by atomic mass is 16.8. The summed E-state index contributed by atoms with van der Waals surface area (Å²) in [6.45, 7) is 18.3. The molecule has 422 valence electrons. The minimum atomic E-state index is -1.46. The number of ether oxygens (including phenoxy) is 2. The zero-order chi connectivity index (χ0) is 54.1. The molecule has 76 heavy (non-hydrogen) atoms. The van der Waals surface area contributed by atoms with Gasteiger partial charge in [-0.2, -0.15) is 0 Å². The summed E-state index contributed by atoms with van der Waals surface area (Å²) >= 11 is 0. The average Bonchev–Trinajstić information content (AvgIpc) is 3.40. The van der Waals surface area contributed by atoms with Gasteiger partial charge in [-0.1, -0.05) is 91.9 Å². The molecule has 2 saturated carbocycles. The SMILES string of the molecule is CCN(CC)CCN(CC1CCCCCCC1)C(=O)CCCCOc1ccc2c(c1)CCC(=O)N2OC(=O)C(=O)ON1C(=O)CCc2cc(OCCCCC(=O)N(CCN(CC)CC)CC3CCCCCCC3)ccc21. The van der Waals surface area contributed by atoms with Gasteiger partial charge in [-0.25, -0.2) is 9.59 Å². The first-order valence-electron chi connectivity index (χ1n) is 29.6. The average molecular weight is 1060 g/mol. The van der Waals surface area contributed by atoms with Gasteiger partial charge >= 0.3 is 11.9 Å². The van der Waals surface area contributed by atoms with Crippen molar-refractivity contribution >= 4 is 46.9 Å². The summed E-state index contributed by atoms with van der Waals surface area (Å²) in [4.78, 5) is 99.4. The number of hydrogen-bond acceptors (Lipinski definition) is 12. The zero-order valence-electron chi connectivity index (χ0n) is 46.8. The number of rotatable bonds is 28. The van der Waals surface area contributed by atoms with Crippen LogP contribution in [-0.4, -0.2) is 134 Å². The monoisotopic (exact) mass is 1060 g/mol. The Morgan fingerprint density at radius 3 is 1.22 bits per heavy atom. The summed E-state index contributed by atoms with van der Waals surface area (Å²) in [7, 11) is 0. The van der Waals surface area contributed by atoms with Crippen molar-refractivity contribution in [1.29, 1.82) is 0 Å². The summed E-state index contributed by atoms with van der Waals surface area (Å²) in [5.41, 5.74) is 2.00. The molecule has 6 rings (SSSR count). The number of hydrogen-bond donors (Lipinski definition) is 0. The Kier molecular flexibility index (Phi) is 25.7. The molecule has 2 heterocycles. The van der Waals surface area contributed by atoms with E-state index in [9.17, 15) is 28.8 Å². The van der Waals surface area contributed by atoms with Crippen LogP contribution in [0.15, 0.2) is 36.4 Å². The van der Waals surface area contributed by atoms with E-state index < -0.39 is 23.8 Å². The molecule has 16 nitrogen and oxygen atoms in total. The number of likely N-dealkylation sites (N-methyl/N-ethyl adjacent to an activating group) is 2. The molecule has 2 aromatic carbocycles. The lowest BCUT2D eigenvalue weighted by atomic mass is 9.90. The number of unbranched alkanes of at least 4 members (excludes halogenated alkanes) is 2. The smallest absolute Gasteiger partial charge is 0.444 e. The van der Waals surface area contributed by atoms with Crippen LogP contribution < -0.4 is 19.6 Å². The van der Waals surface area contributed by atoms with Crippen molar-refractivity contribution in [1.82, 2.24) is 19.6 Å². The molecule has 0 N–H and O–H groups in total. The normalized spacial score (nSPS) is 16.8. The van der Waals surface area contributed by atoms with E-state index in [0.717, 1.165) is 75.6 Å². The van der Waals surface area contributed by atoms with Gasteiger partial charge in [0.2, 0.25) is 11.8 Å². The fourth-order valence-corrected chi connectivity index (χ4v) is 11.3. The number of fused-ring (bicyclic) bond motifs is 2. The number of nitrogens with zero attached hydrogens (tertiary/aromatic N) is 6. The number of benzene rings is 2. The third-order valence-electron chi connectivity index (χ3n) is 16.1. The third-order valence-corrected chi connectivity index (χ3v) is 16.1. The van der Waals surface area contributed by atoms with Crippen LogP contribution in [0.5, 0.6) is 11.5 Å². The molecule has 0 unspecified atom stereocenters. The summed E-state index contributed by atoms with van der Waals surface area (Å²) in [5.74, 6) is -1.23. The molecule has 0 radical (unpaired) electrons. The molecule has 2 aliphatic heterocycles. The van der Waals surface area contributed by atoms with E-state index in [1.807, 2.05) is 0 Å². The molecule has 2 aromatic rings. The summed E-state index contributed by atoms with van der Waals surface area (Å²) < 4.78 is 12.2. The van der Waals surface area contributed by atoms with Crippen molar-refractivity contribution in [2.75, 3.05) is 88.8 Å². The van der Waals surface area contributed by atoms with Crippen LogP contribution in [0.4, 0.5) is 11.4 Å². The Bertz CT molecular complexity index is 2000. The van der Waals surface area contributed by atoms with Crippen molar-refractivity contribution in [3.63, 3.8) is 0 Å². The highest BCUT2D eigenvalue weighted by Crippen LogP contribution is 2.34. The highest BCUT2D eigenvalue weighted by molar-refractivity contribution is 6.31. The Labute approximate surface area is 454 Å². The number of amides is 4. The largest absolute Gasteiger partial charge is 0.494 e. The van der Waals surface area contributed by atoms with E-state index in [-0.39, 0.29) is 24.7 Å². The molecule has 0 aromatic heterocycles. The maximum absolute atomic E-state index is 13.6. The number of carbonyl (C=O) groups is 6. The highest BCUT2D eigenvalue weighted by Gasteiger charge is 2.35. The van der Waals surface area contributed by atoms with Crippen molar-refractivity contribution in [2.45, 2.75) is 182 Å². The molecule has 0 spiro atoms. The van der Waals surface area contributed by atoms with Crippen LogP contribution in [0.1, 0.15) is 180 Å². The lowest BCUT2D eigenvalue weighted by molar-refractivity contribution is -0.172. The van der Waals surface area contributed by atoms with E-state index in [1.54, 1.807) is 36.4 Å². The van der Waals surface area contributed by atoms with E-state index in [0.29, 0.717) is 110 Å². The molecular formula is C60H92N6O10. The maximum atomic E-state index is 13.6. The predicted molar refractivity (Wildman–Crippen MR) is 296 cm³/mol. The van der Waals surface area contributed by atoms with Gasteiger partial charge in [0, 0.05) is 65.0 Å². The summed E-state index contributed by atoms with van der Waals surface area (Å²) in [6, 6.07) is 10.2. The van der Waals surface area contributed by atoms with Crippen molar-refractivity contribution in [2.24, 2.45) is 11.8 Å². The number of carbonyl (C=O) groups excluding carboxylic acids is 6. The van der Waals surface area contributed by atoms with Gasteiger partial charge < -0.3 is 38.7 Å². The van der Waals surface area contributed by atoms with Gasteiger partial charge in [0.05, 0.1) is 24.6 Å². The first-order chi connectivity index (χ1) is 37.0. The maximum Gasteiger partial charge on any atom is 0.444 e. The zero-order valence-corrected chi connectivity index (χ0v) is 46.8. The lowest BCUT2D eigenvalue weighted by Crippen LogP contribution is -2.43. The molecule has 0 bridgehead atoms. The summed E-state index contributed by atoms with van der Waals surface area (Å²) in [5, 5.41) is 1.60. The second kappa shape index (κ2) is 32.5. The number of aryl methyl sites for hydroxylation is 2. The minimum Gasteiger partial charge on any atom is -0.494 e. The van der Waals surface area contributed by atoms with Crippen LogP contribution in [0.3, 0.4) is 0 Å². The number of hydroxylamine groups is 2. The minimum absolute atomic E-state index is 0.0310. The molecule has 0 atom stereocenters. The first-order valence-corrected chi connectivity index (χ1v) is 29.6.